The molecule has 2 aromatic rings. The Labute approximate surface area is 151 Å². The summed E-state index contributed by atoms with van der Waals surface area (Å²) < 4.78 is 0. The largest absolute Gasteiger partial charge is 0.508 e. The third-order valence-electron chi connectivity index (χ3n) is 3.57. The van der Waals surface area contributed by atoms with Crippen molar-refractivity contribution in [3.8, 4) is 5.75 Å². The van der Waals surface area contributed by atoms with Gasteiger partial charge in [-0.05, 0) is 17.7 Å². The Morgan fingerprint density at radius 2 is 1.52 bits per heavy atom. The summed E-state index contributed by atoms with van der Waals surface area (Å²) in [5, 5.41) is 42.5. The van der Waals surface area contributed by atoms with Crippen LogP contribution in [0.1, 0.15) is 15.9 Å². The fraction of sp³-hybridized carbons (Fsp3) is 0.125. The maximum atomic E-state index is 12.3. The number of aromatic hydroxyl groups is 1. The Hall–Kier alpha value is -4.02. The van der Waals surface area contributed by atoms with Gasteiger partial charge in [-0.1, -0.05) is 12.1 Å². The van der Waals surface area contributed by atoms with Crippen molar-refractivity contribution in [3.05, 3.63) is 73.8 Å². The van der Waals surface area contributed by atoms with Crippen molar-refractivity contribution in [1.29, 1.82) is 0 Å². The average molecular weight is 375 g/mol. The third-order valence-corrected chi connectivity index (χ3v) is 3.57. The molecule has 11 nitrogen and oxygen atoms in total. The average Bonchev–Trinajstić information content (AvgIpc) is 2.62. The number of carbonyl (C=O) groups excluding carboxylic acids is 1. The number of carboxylic acid groups (broad SMARTS) is 1. The Bertz CT molecular complexity index is 878. The SMILES string of the molecule is O=C(N[C@H](Cc1ccc(O)cc1)C(=O)O)c1cc([N+](=O)[O-])cc([N+](=O)[O-])c1. The number of nitro groups is 2. The summed E-state index contributed by atoms with van der Waals surface area (Å²) in [6, 6.07) is 6.58. The highest BCUT2D eigenvalue weighted by Gasteiger charge is 2.24. The Morgan fingerprint density at radius 3 is 1.96 bits per heavy atom. The number of rotatable bonds is 7. The van der Waals surface area contributed by atoms with Crippen LogP contribution in [0, 0.1) is 20.2 Å². The molecule has 0 radical (unpaired) electrons. The van der Waals surface area contributed by atoms with Gasteiger partial charge >= 0.3 is 5.97 Å². The van der Waals surface area contributed by atoms with E-state index in [4.69, 9.17) is 0 Å². The first-order valence-corrected chi connectivity index (χ1v) is 7.43. The summed E-state index contributed by atoms with van der Waals surface area (Å²) in [5.74, 6) is -2.39. The molecular weight excluding hydrogens is 362 g/mol. The van der Waals surface area contributed by atoms with Crippen molar-refractivity contribution in [2.45, 2.75) is 12.5 Å². The van der Waals surface area contributed by atoms with Gasteiger partial charge in [-0.3, -0.25) is 25.0 Å². The summed E-state index contributed by atoms with van der Waals surface area (Å²) in [4.78, 5) is 43.7. The second-order valence-electron chi connectivity index (χ2n) is 5.49. The Kier molecular flexibility index (Phi) is 5.65. The van der Waals surface area contributed by atoms with Crippen molar-refractivity contribution in [3.63, 3.8) is 0 Å². The number of aliphatic carboxylic acids is 1. The summed E-state index contributed by atoms with van der Waals surface area (Å²) in [6.45, 7) is 0. The van der Waals surface area contributed by atoms with Crippen LogP contribution in [0.3, 0.4) is 0 Å². The minimum absolute atomic E-state index is 0.0152. The molecular formula is C16H13N3O8. The summed E-state index contributed by atoms with van der Waals surface area (Å²) in [7, 11) is 0. The van der Waals surface area contributed by atoms with E-state index in [0.29, 0.717) is 11.6 Å². The summed E-state index contributed by atoms with van der Waals surface area (Å²) in [5.41, 5.74) is -1.24. The van der Waals surface area contributed by atoms with Gasteiger partial charge in [0.05, 0.1) is 21.5 Å². The highest BCUT2D eigenvalue weighted by Crippen LogP contribution is 2.23. The van der Waals surface area contributed by atoms with Crippen molar-refractivity contribution in [2.24, 2.45) is 0 Å². The van der Waals surface area contributed by atoms with E-state index in [0.717, 1.165) is 12.1 Å². The smallest absolute Gasteiger partial charge is 0.326 e. The van der Waals surface area contributed by atoms with Crippen LogP contribution in [0.4, 0.5) is 11.4 Å². The fourth-order valence-corrected chi connectivity index (χ4v) is 2.25. The molecule has 0 aliphatic heterocycles. The van der Waals surface area contributed by atoms with Crippen LogP contribution in [0.5, 0.6) is 5.75 Å². The van der Waals surface area contributed by atoms with Gasteiger partial charge in [0.2, 0.25) is 0 Å². The maximum Gasteiger partial charge on any atom is 0.326 e. The van der Waals surface area contributed by atoms with Crippen LogP contribution in [0.25, 0.3) is 0 Å². The van der Waals surface area contributed by atoms with Gasteiger partial charge in [0, 0.05) is 18.6 Å². The van der Waals surface area contributed by atoms with Crippen molar-refractivity contribution >= 4 is 23.3 Å². The van der Waals surface area contributed by atoms with Gasteiger partial charge in [0.15, 0.2) is 0 Å². The van der Waals surface area contributed by atoms with Gasteiger partial charge < -0.3 is 15.5 Å². The molecule has 140 valence electrons. The molecule has 0 aromatic heterocycles. The molecule has 0 aliphatic rings. The van der Waals surface area contributed by atoms with Crippen molar-refractivity contribution in [2.75, 3.05) is 0 Å². The minimum atomic E-state index is -1.39. The number of carbonyl (C=O) groups is 2. The van der Waals surface area contributed by atoms with Crippen LogP contribution in [-0.2, 0) is 11.2 Å². The number of benzene rings is 2. The lowest BCUT2D eigenvalue weighted by Crippen LogP contribution is -2.42. The first-order chi connectivity index (χ1) is 12.7. The number of hydrogen-bond donors (Lipinski definition) is 3. The molecule has 0 fully saturated rings. The first-order valence-electron chi connectivity index (χ1n) is 7.43. The molecule has 3 N–H and O–H groups in total. The van der Waals surface area contributed by atoms with Gasteiger partial charge in [-0.15, -0.1) is 0 Å². The monoisotopic (exact) mass is 375 g/mol. The Balaban J connectivity index is 2.26. The number of phenols is 1. The van der Waals surface area contributed by atoms with E-state index in [1.54, 1.807) is 0 Å². The Morgan fingerprint density at radius 1 is 1.00 bits per heavy atom. The lowest BCUT2D eigenvalue weighted by atomic mass is 10.0. The number of carboxylic acids is 1. The predicted molar refractivity (Wildman–Crippen MR) is 90.5 cm³/mol. The standard InChI is InChI=1S/C16H13N3O8/c20-13-3-1-9(2-4-13)5-14(16(22)23)17-15(21)10-6-11(18(24)25)8-12(7-10)19(26)27/h1-4,6-8,14,20H,5H2,(H,17,21)(H,22,23)/t14-/m1/s1. The van der Waals surface area contributed by atoms with Crippen LogP contribution < -0.4 is 5.32 Å². The first kappa shape index (κ1) is 19.3. The van der Waals surface area contributed by atoms with E-state index in [2.05, 4.69) is 5.32 Å². The molecule has 2 aromatic carbocycles. The molecule has 1 amide bonds. The number of phenolic OH excluding ortho intramolecular Hbond substituents is 1. The number of nitrogens with one attached hydrogen (secondary N) is 1. The lowest BCUT2D eigenvalue weighted by Gasteiger charge is -2.14. The van der Waals surface area contributed by atoms with Crippen LogP contribution >= 0.6 is 0 Å². The van der Waals surface area contributed by atoms with Crippen molar-refractivity contribution < 1.29 is 29.6 Å². The highest BCUT2D eigenvalue weighted by molar-refractivity contribution is 5.97. The number of non-ortho nitro benzene ring substituents is 2. The van der Waals surface area contributed by atoms with Crippen LogP contribution in [-0.4, -0.2) is 38.0 Å². The van der Waals surface area contributed by atoms with E-state index < -0.39 is 44.7 Å². The maximum absolute atomic E-state index is 12.3. The summed E-state index contributed by atoms with van der Waals surface area (Å²) in [6.07, 6.45) is -0.127. The zero-order valence-electron chi connectivity index (χ0n) is 13.6. The molecule has 0 unspecified atom stereocenters. The molecule has 0 aliphatic carbocycles. The van der Waals surface area contributed by atoms with Gasteiger partial charge in [0.25, 0.3) is 17.3 Å². The zero-order valence-corrected chi connectivity index (χ0v) is 13.6. The third kappa shape index (κ3) is 4.98. The molecule has 11 heteroatoms. The molecule has 1 atom stereocenters. The second kappa shape index (κ2) is 7.91. The van der Waals surface area contributed by atoms with Gasteiger partial charge in [-0.2, -0.15) is 0 Å². The normalized spacial score (nSPS) is 11.4. The molecule has 2 rings (SSSR count). The topological polar surface area (TPSA) is 173 Å². The molecule has 0 spiro atoms. The highest BCUT2D eigenvalue weighted by atomic mass is 16.6. The van der Waals surface area contributed by atoms with Gasteiger partial charge in [0.1, 0.15) is 11.8 Å². The quantitative estimate of drug-likeness (QED) is 0.483. The van der Waals surface area contributed by atoms with E-state index in [1.165, 1.54) is 24.3 Å². The number of hydrogen-bond acceptors (Lipinski definition) is 7. The number of amides is 1. The second-order valence-corrected chi connectivity index (χ2v) is 5.49. The zero-order chi connectivity index (χ0) is 20.1. The van der Waals surface area contributed by atoms with E-state index in [-0.39, 0.29) is 12.2 Å². The van der Waals surface area contributed by atoms with E-state index in [1.807, 2.05) is 0 Å². The molecule has 27 heavy (non-hydrogen) atoms. The van der Waals surface area contributed by atoms with Crippen LogP contribution in [0.2, 0.25) is 0 Å². The van der Waals surface area contributed by atoms with Crippen LogP contribution in [0.15, 0.2) is 42.5 Å². The number of nitro benzene ring substituents is 2. The van der Waals surface area contributed by atoms with E-state index >= 15 is 0 Å². The molecule has 0 heterocycles. The predicted octanol–water partition coefficient (Wildman–Crippen LogP) is 1.63. The van der Waals surface area contributed by atoms with E-state index in [9.17, 15) is 40.0 Å². The number of nitrogens with zero attached hydrogens (tertiary/aromatic N) is 2. The molecule has 0 saturated carbocycles. The lowest BCUT2D eigenvalue weighted by molar-refractivity contribution is -0.394. The summed E-state index contributed by atoms with van der Waals surface area (Å²) >= 11 is 0. The van der Waals surface area contributed by atoms with Crippen molar-refractivity contribution in [1.82, 2.24) is 5.32 Å². The minimum Gasteiger partial charge on any atom is -0.508 e. The molecule has 0 saturated heterocycles. The molecule has 0 bridgehead atoms. The fourth-order valence-electron chi connectivity index (χ4n) is 2.25. The van der Waals surface area contributed by atoms with Gasteiger partial charge in [-0.25, -0.2) is 4.79 Å².